The second-order valence-electron chi connectivity index (χ2n) is 2.43. The van der Waals surface area contributed by atoms with E-state index < -0.39 is 0 Å². The van der Waals surface area contributed by atoms with E-state index >= 15 is 0 Å². The molecule has 0 aliphatic rings. The van der Waals surface area contributed by atoms with Crippen molar-refractivity contribution in [2.45, 2.75) is 25.8 Å². The highest BCUT2D eigenvalue weighted by atomic mass is 127. The normalized spacial score (nSPS) is 12.0. The average molecular weight is 213 g/mol. The maximum atomic E-state index is 5.64. The highest BCUT2D eigenvalue weighted by molar-refractivity contribution is 14.1. The molecule has 1 nitrogen and oxygen atoms in total. The first-order valence-electron chi connectivity index (χ1n) is 2.41. The van der Waals surface area contributed by atoms with Gasteiger partial charge in [-0.1, -0.05) is 22.6 Å². The number of halogens is 1. The largest absolute Gasteiger partial charge is 0.326 e. The van der Waals surface area contributed by atoms with Crippen molar-refractivity contribution >= 4 is 22.6 Å². The second kappa shape index (κ2) is 2.87. The molecular weight excluding hydrogens is 201 g/mol. The monoisotopic (exact) mass is 213 g/mol. The number of rotatable bonds is 2. The SMILES string of the molecule is CC(C)(N)CCI. The third-order valence-electron chi connectivity index (χ3n) is 0.739. The smallest absolute Gasteiger partial charge is 0.0104 e. The van der Waals surface area contributed by atoms with Crippen LogP contribution in [0.5, 0.6) is 0 Å². The van der Waals surface area contributed by atoms with Gasteiger partial charge in [0, 0.05) is 9.97 Å². The van der Waals surface area contributed by atoms with Crippen molar-refractivity contribution in [2.75, 3.05) is 4.43 Å². The molecule has 0 amide bonds. The topological polar surface area (TPSA) is 26.0 Å². The van der Waals surface area contributed by atoms with Gasteiger partial charge in [0.2, 0.25) is 0 Å². The highest BCUT2D eigenvalue weighted by Gasteiger charge is 2.06. The van der Waals surface area contributed by atoms with E-state index in [2.05, 4.69) is 22.6 Å². The number of hydrogen-bond acceptors (Lipinski definition) is 1. The molecule has 0 unspecified atom stereocenters. The van der Waals surface area contributed by atoms with E-state index in [-0.39, 0.29) is 5.54 Å². The van der Waals surface area contributed by atoms with Crippen molar-refractivity contribution in [1.82, 2.24) is 0 Å². The summed E-state index contributed by atoms with van der Waals surface area (Å²) in [7, 11) is 0. The molecule has 44 valence electrons. The van der Waals surface area contributed by atoms with Gasteiger partial charge in [-0.15, -0.1) is 0 Å². The van der Waals surface area contributed by atoms with Crippen LogP contribution in [-0.4, -0.2) is 9.97 Å². The van der Waals surface area contributed by atoms with Crippen molar-refractivity contribution in [3.63, 3.8) is 0 Å². The van der Waals surface area contributed by atoms with E-state index in [0.29, 0.717) is 0 Å². The molecule has 0 atom stereocenters. The van der Waals surface area contributed by atoms with Crippen LogP contribution in [0.25, 0.3) is 0 Å². The van der Waals surface area contributed by atoms with E-state index in [4.69, 9.17) is 5.73 Å². The van der Waals surface area contributed by atoms with Crippen molar-refractivity contribution in [3.8, 4) is 0 Å². The standard InChI is InChI=1S/C5H12IN/c1-5(2,7)3-4-6/h3-4,7H2,1-2H3. The Morgan fingerprint density at radius 2 is 2.00 bits per heavy atom. The zero-order valence-electron chi connectivity index (χ0n) is 4.87. The Hall–Kier alpha value is 0.690. The van der Waals surface area contributed by atoms with Crippen LogP contribution in [0.1, 0.15) is 20.3 Å². The Morgan fingerprint density at radius 3 is 2.00 bits per heavy atom. The summed E-state index contributed by atoms with van der Waals surface area (Å²) in [5, 5.41) is 0. The van der Waals surface area contributed by atoms with Crippen molar-refractivity contribution in [1.29, 1.82) is 0 Å². The van der Waals surface area contributed by atoms with E-state index in [1.807, 2.05) is 13.8 Å². The molecule has 0 bridgehead atoms. The Balaban J connectivity index is 3.15. The Morgan fingerprint density at radius 1 is 1.57 bits per heavy atom. The molecule has 0 saturated heterocycles. The summed E-state index contributed by atoms with van der Waals surface area (Å²) in [5.41, 5.74) is 5.68. The third kappa shape index (κ3) is 6.69. The quantitative estimate of drug-likeness (QED) is 0.546. The molecule has 0 rings (SSSR count). The number of hydrogen-bond donors (Lipinski definition) is 1. The molecule has 0 aliphatic heterocycles. The lowest BCUT2D eigenvalue weighted by Gasteiger charge is -2.15. The molecule has 0 saturated carbocycles. The molecule has 0 aromatic rings. The van der Waals surface area contributed by atoms with Crippen molar-refractivity contribution in [2.24, 2.45) is 5.73 Å². The maximum absolute atomic E-state index is 5.64. The zero-order valence-corrected chi connectivity index (χ0v) is 7.03. The summed E-state index contributed by atoms with van der Waals surface area (Å²) >= 11 is 2.33. The molecule has 2 N–H and O–H groups in total. The molecule has 0 aliphatic carbocycles. The minimum absolute atomic E-state index is 0.0428. The van der Waals surface area contributed by atoms with Crippen molar-refractivity contribution < 1.29 is 0 Å². The van der Waals surface area contributed by atoms with Gasteiger partial charge in [0.25, 0.3) is 0 Å². The summed E-state index contributed by atoms with van der Waals surface area (Å²) in [6.45, 7) is 4.09. The Bertz CT molecular complexity index is 46.5. The lowest BCUT2D eigenvalue weighted by Crippen LogP contribution is -2.31. The van der Waals surface area contributed by atoms with Gasteiger partial charge in [0.1, 0.15) is 0 Å². The summed E-state index contributed by atoms with van der Waals surface area (Å²) in [5.74, 6) is 0. The van der Waals surface area contributed by atoms with Gasteiger partial charge >= 0.3 is 0 Å². The summed E-state index contributed by atoms with van der Waals surface area (Å²) in [6, 6.07) is 0. The molecule has 0 radical (unpaired) electrons. The minimum atomic E-state index is 0.0428. The third-order valence-corrected chi connectivity index (χ3v) is 1.28. The number of nitrogens with two attached hydrogens (primary N) is 1. The van der Waals surface area contributed by atoms with Crippen LogP contribution < -0.4 is 5.73 Å². The Kier molecular flexibility index (Phi) is 3.15. The van der Waals surface area contributed by atoms with E-state index in [0.717, 1.165) is 10.8 Å². The molecule has 0 spiro atoms. The molecular formula is C5H12IN. The van der Waals surface area contributed by atoms with Crippen LogP contribution in [0.2, 0.25) is 0 Å². The molecule has 7 heavy (non-hydrogen) atoms. The molecule has 0 fully saturated rings. The fourth-order valence-corrected chi connectivity index (χ4v) is 1.63. The molecule has 0 aromatic carbocycles. The predicted molar refractivity (Wildman–Crippen MR) is 41.8 cm³/mol. The van der Waals surface area contributed by atoms with E-state index in [1.54, 1.807) is 0 Å². The van der Waals surface area contributed by atoms with Crippen LogP contribution in [0.3, 0.4) is 0 Å². The molecule has 0 heterocycles. The first-order valence-corrected chi connectivity index (χ1v) is 3.94. The predicted octanol–water partition coefficient (Wildman–Crippen LogP) is 1.55. The highest BCUT2D eigenvalue weighted by Crippen LogP contribution is 2.04. The summed E-state index contributed by atoms with van der Waals surface area (Å²) in [6.07, 6.45) is 1.10. The fraction of sp³-hybridized carbons (Fsp3) is 1.00. The maximum Gasteiger partial charge on any atom is 0.0104 e. The van der Waals surface area contributed by atoms with Crippen LogP contribution in [0, 0.1) is 0 Å². The number of alkyl halides is 1. The van der Waals surface area contributed by atoms with E-state index in [1.165, 1.54) is 0 Å². The molecule has 2 heteroatoms. The van der Waals surface area contributed by atoms with Gasteiger partial charge in [-0.25, -0.2) is 0 Å². The Labute approximate surface area is 58.8 Å². The second-order valence-corrected chi connectivity index (χ2v) is 3.51. The van der Waals surface area contributed by atoms with Gasteiger partial charge in [-0.2, -0.15) is 0 Å². The first kappa shape index (κ1) is 7.69. The van der Waals surface area contributed by atoms with Crippen molar-refractivity contribution in [3.05, 3.63) is 0 Å². The van der Waals surface area contributed by atoms with Gasteiger partial charge in [0.05, 0.1) is 0 Å². The van der Waals surface area contributed by atoms with Crippen LogP contribution >= 0.6 is 22.6 Å². The lowest BCUT2D eigenvalue weighted by atomic mass is 10.1. The van der Waals surface area contributed by atoms with Crippen LogP contribution in [0.15, 0.2) is 0 Å². The van der Waals surface area contributed by atoms with Crippen LogP contribution in [-0.2, 0) is 0 Å². The summed E-state index contributed by atoms with van der Waals surface area (Å²) in [4.78, 5) is 0. The summed E-state index contributed by atoms with van der Waals surface area (Å²) < 4.78 is 1.15. The molecule has 0 aromatic heterocycles. The lowest BCUT2D eigenvalue weighted by molar-refractivity contribution is 0.509. The first-order chi connectivity index (χ1) is 3.06. The van der Waals surface area contributed by atoms with Crippen LogP contribution in [0.4, 0.5) is 0 Å². The minimum Gasteiger partial charge on any atom is -0.326 e. The fourth-order valence-electron chi connectivity index (χ4n) is 0.244. The van der Waals surface area contributed by atoms with Gasteiger partial charge in [0.15, 0.2) is 0 Å². The average Bonchev–Trinajstić information content (AvgIpc) is 1.30. The van der Waals surface area contributed by atoms with E-state index in [9.17, 15) is 0 Å². The van der Waals surface area contributed by atoms with Gasteiger partial charge < -0.3 is 5.73 Å². The van der Waals surface area contributed by atoms with Gasteiger partial charge in [-0.05, 0) is 20.3 Å². The zero-order chi connectivity index (χ0) is 5.91. The van der Waals surface area contributed by atoms with Gasteiger partial charge in [-0.3, -0.25) is 0 Å².